The lowest BCUT2D eigenvalue weighted by molar-refractivity contribution is -0.155. The second-order valence-electron chi connectivity index (χ2n) is 3.60. The van der Waals surface area contributed by atoms with E-state index in [0.29, 0.717) is 0 Å². The number of hydrogen-bond donors (Lipinski definition) is 0. The summed E-state index contributed by atoms with van der Waals surface area (Å²) in [5.41, 5.74) is -0.482. The molecule has 106 valence electrons. The first-order valence-electron chi connectivity index (χ1n) is 5.86. The zero-order valence-corrected chi connectivity index (χ0v) is 11.0. The molecule has 1 rings (SSSR count). The van der Waals surface area contributed by atoms with Gasteiger partial charge >= 0.3 is 5.97 Å². The first-order valence-corrected chi connectivity index (χ1v) is 5.86. The maximum absolute atomic E-state index is 13.9. The topological polar surface area (TPSA) is 44.8 Å². The van der Waals surface area contributed by atoms with Gasteiger partial charge in [0.2, 0.25) is 0 Å². The van der Waals surface area contributed by atoms with Gasteiger partial charge in [-0.1, -0.05) is 0 Å². The molecule has 0 saturated carbocycles. The first-order chi connectivity index (χ1) is 9.04. The molecular weight excluding hydrogens is 258 g/mol. The number of methoxy groups -OCH3 is 1. The minimum Gasteiger partial charge on any atom is -0.494 e. The zero-order valence-electron chi connectivity index (χ0n) is 11.0. The fourth-order valence-corrected chi connectivity index (χ4v) is 1.61. The fraction of sp³-hybridized carbons (Fsp3) is 0.462. The van der Waals surface area contributed by atoms with Crippen LogP contribution < -0.4 is 4.74 Å². The van der Waals surface area contributed by atoms with Gasteiger partial charge in [-0.25, -0.2) is 13.6 Å². The van der Waals surface area contributed by atoms with Crippen molar-refractivity contribution in [3.8, 4) is 5.75 Å². The van der Waals surface area contributed by atoms with Gasteiger partial charge in [0.25, 0.3) is 0 Å². The van der Waals surface area contributed by atoms with E-state index in [2.05, 4.69) is 0 Å². The van der Waals surface area contributed by atoms with Crippen molar-refractivity contribution in [2.45, 2.75) is 20.0 Å². The van der Waals surface area contributed by atoms with Crippen LogP contribution in [0.2, 0.25) is 0 Å². The average molecular weight is 274 g/mol. The summed E-state index contributed by atoms with van der Waals surface area (Å²) in [6.45, 7) is 3.67. The Morgan fingerprint density at radius 1 is 1.21 bits per heavy atom. The molecule has 0 spiro atoms. The number of benzene rings is 1. The summed E-state index contributed by atoms with van der Waals surface area (Å²) >= 11 is 0. The van der Waals surface area contributed by atoms with E-state index < -0.39 is 29.3 Å². The van der Waals surface area contributed by atoms with Crippen LogP contribution in [0.4, 0.5) is 8.78 Å². The summed E-state index contributed by atoms with van der Waals surface area (Å²) in [7, 11) is 1.18. The summed E-state index contributed by atoms with van der Waals surface area (Å²) in [5, 5.41) is 0. The van der Waals surface area contributed by atoms with Gasteiger partial charge in [-0.15, -0.1) is 0 Å². The molecule has 0 aliphatic heterocycles. The molecule has 1 unspecified atom stereocenters. The SMILES string of the molecule is CCOC(=O)C(OC)c1c(F)cc(OCC)cc1F. The van der Waals surface area contributed by atoms with Gasteiger partial charge in [-0.2, -0.15) is 0 Å². The minimum absolute atomic E-state index is 0.0555. The highest BCUT2D eigenvalue weighted by Gasteiger charge is 2.28. The van der Waals surface area contributed by atoms with E-state index in [9.17, 15) is 13.6 Å². The second-order valence-corrected chi connectivity index (χ2v) is 3.60. The van der Waals surface area contributed by atoms with Crippen molar-refractivity contribution in [1.29, 1.82) is 0 Å². The first kappa shape index (κ1) is 15.4. The van der Waals surface area contributed by atoms with Crippen molar-refractivity contribution in [2.24, 2.45) is 0 Å². The van der Waals surface area contributed by atoms with Crippen LogP contribution in [0.5, 0.6) is 5.75 Å². The lowest BCUT2D eigenvalue weighted by atomic mass is 10.1. The standard InChI is InChI=1S/C13H16F2O4/c1-4-18-8-6-9(14)11(10(15)7-8)12(17-3)13(16)19-5-2/h6-7,12H,4-5H2,1-3H3. The molecule has 0 N–H and O–H groups in total. The van der Waals surface area contributed by atoms with Gasteiger partial charge in [-0.3, -0.25) is 0 Å². The molecule has 6 heteroatoms. The Bertz CT molecular complexity index is 425. The Balaban J connectivity index is 3.14. The molecule has 0 aromatic heterocycles. The van der Waals surface area contributed by atoms with Crippen molar-refractivity contribution in [3.05, 3.63) is 29.3 Å². The van der Waals surface area contributed by atoms with E-state index in [0.717, 1.165) is 12.1 Å². The third kappa shape index (κ3) is 3.64. The molecule has 1 atom stereocenters. The molecule has 1 aromatic rings. The molecule has 0 amide bonds. The van der Waals surface area contributed by atoms with Crippen molar-refractivity contribution in [3.63, 3.8) is 0 Å². The van der Waals surface area contributed by atoms with E-state index in [4.69, 9.17) is 14.2 Å². The summed E-state index contributed by atoms with van der Waals surface area (Å²) in [6, 6.07) is 2.01. The molecule has 0 aliphatic carbocycles. The molecule has 19 heavy (non-hydrogen) atoms. The Kier molecular flexibility index (Phi) is 5.69. The summed E-state index contributed by atoms with van der Waals surface area (Å²) < 4.78 is 42.3. The van der Waals surface area contributed by atoms with Crippen LogP contribution in [0.1, 0.15) is 25.5 Å². The molecule has 0 heterocycles. The number of carbonyl (C=O) groups is 1. The Morgan fingerprint density at radius 3 is 2.21 bits per heavy atom. The monoisotopic (exact) mass is 274 g/mol. The predicted molar refractivity (Wildman–Crippen MR) is 63.9 cm³/mol. The maximum atomic E-state index is 13.9. The highest BCUT2D eigenvalue weighted by atomic mass is 19.1. The number of rotatable bonds is 6. The smallest absolute Gasteiger partial charge is 0.340 e. The average Bonchev–Trinajstić information content (AvgIpc) is 2.34. The van der Waals surface area contributed by atoms with Crippen molar-refractivity contribution in [1.82, 2.24) is 0 Å². The van der Waals surface area contributed by atoms with Crippen LogP contribution in [0, 0.1) is 11.6 Å². The minimum atomic E-state index is -1.43. The largest absolute Gasteiger partial charge is 0.494 e. The third-order valence-corrected chi connectivity index (χ3v) is 2.36. The van der Waals surface area contributed by atoms with E-state index >= 15 is 0 Å². The summed E-state index contributed by atoms with van der Waals surface area (Å²) in [5.74, 6) is -2.61. The second kappa shape index (κ2) is 7.04. The van der Waals surface area contributed by atoms with E-state index in [1.807, 2.05) is 0 Å². The van der Waals surface area contributed by atoms with Gasteiger partial charge in [0.15, 0.2) is 6.10 Å². The zero-order chi connectivity index (χ0) is 14.4. The summed E-state index contributed by atoms with van der Waals surface area (Å²) in [4.78, 5) is 11.6. The van der Waals surface area contributed by atoms with E-state index in [1.165, 1.54) is 7.11 Å². The fourth-order valence-electron chi connectivity index (χ4n) is 1.61. The van der Waals surface area contributed by atoms with Crippen LogP contribution in [0.15, 0.2) is 12.1 Å². The molecular formula is C13H16F2O4. The molecule has 4 nitrogen and oxygen atoms in total. The quantitative estimate of drug-likeness (QED) is 0.748. The van der Waals surface area contributed by atoms with Crippen molar-refractivity contribution in [2.75, 3.05) is 20.3 Å². The highest BCUT2D eigenvalue weighted by Crippen LogP contribution is 2.28. The molecule has 0 bridgehead atoms. The molecule has 0 aliphatic rings. The van der Waals surface area contributed by atoms with Crippen LogP contribution in [0.25, 0.3) is 0 Å². The number of carbonyl (C=O) groups excluding carboxylic acids is 1. The van der Waals surface area contributed by atoms with Gasteiger partial charge in [-0.05, 0) is 13.8 Å². The van der Waals surface area contributed by atoms with E-state index in [-0.39, 0.29) is 19.0 Å². The van der Waals surface area contributed by atoms with Crippen molar-refractivity contribution < 1.29 is 27.8 Å². The Morgan fingerprint density at radius 2 is 1.79 bits per heavy atom. The normalized spacial score (nSPS) is 12.1. The number of halogens is 2. The Hall–Kier alpha value is -1.69. The molecule has 0 saturated heterocycles. The number of hydrogen-bond acceptors (Lipinski definition) is 4. The maximum Gasteiger partial charge on any atom is 0.340 e. The molecule has 0 radical (unpaired) electrons. The highest BCUT2D eigenvalue weighted by molar-refractivity contribution is 5.76. The number of esters is 1. The van der Waals surface area contributed by atoms with E-state index in [1.54, 1.807) is 13.8 Å². The van der Waals surface area contributed by atoms with Gasteiger partial charge in [0, 0.05) is 19.2 Å². The van der Waals surface area contributed by atoms with Gasteiger partial charge in [0.1, 0.15) is 17.4 Å². The third-order valence-electron chi connectivity index (χ3n) is 2.36. The van der Waals surface area contributed by atoms with Gasteiger partial charge in [0.05, 0.1) is 18.8 Å². The molecule has 0 fully saturated rings. The lowest BCUT2D eigenvalue weighted by Crippen LogP contribution is -2.20. The Labute approximate surface area is 110 Å². The van der Waals surface area contributed by atoms with Crippen molar-refractivity contribution >= 4 is 5.97 Å². The van der Waals surface area contributed by atoms with Crippen LogP contribution in [0.3, 0.4) is 0 Å². The van der Waals surface area contributed by atoms with Crippen LogP contribution in [-0.4, -0.2) is 26.3 Å². The number of ether oxygens (including phenoxy) is 3. The van der Waals surface area contributed by atoms with Crippen LogP contribution >= 0.6 is 0 Å². The van der Waals surface area contributed by atoms with Gasteiger partial charge < -0.3 is 14.2 Å². The lowest BCUT2D eigenvalue weighted by Gasteiger charge is -2.16. The van der Waals surface area contributed by atoms with Crippen LogP contribution in [-0.2, 0) is 14.3 Å². The summed E-state index contributed by atoms with van der Waals surface area (Å²) in [6.07, 6.45) is -1.43. The predicted octanol–water partition coefficient (Wildman–Crippen LogP) is 2.61. The molecule has 1 aromatic carbocycles.